The Morgan fingerprint density at radius 3 is 2.24 bits per heavy atom. The van der Waals surface area contributed by atoms with Crippen molar-refractivity contribution in [1.29, 1.82) is 0 Å². The SMILES string of the molecule is COc1ccc(C(O)C(CN)c2ccccc2OC)cc1. The summed E-state index contributed by atoms with van der Waals surface area (Å²) in [4.78, 5) is 0. The van der Waals surface area contributed by atoms with Crippen LogP contribution in [-0.4, -0.2) is 25.9 Å². The lowest BCUT2D eigenvalue weighted by Crippen LogP contribution is -2.20. The first kappa shape index (κ1) is 15.4. The fourth-order valence-electron chi connectivity index (χ4n) is 2.43. The van der Waals surface area contributed by atoms with Crippen molar-refractivity contribution in [1.82, 2.24) is 0 Å². The van der Waals surface area contributed by atoms with E-state index in [0.29, 0.717) is 6.54 Å². The summed E-state index contributed by atoms with van der Waals surface area (Å²) in [6.45, 7) is 0.327. The minimum Gasteiger partial charge on any atom is -0.497 e. The average molecular weight is 287 g/mol. The molecule has 2 aromatic rings. The van der Waals surface area contributed by atoms with E-state index in [0.717, 1.165) is 22.6 Å². The number of para-hydroxylation sites is 1. The number of benzene rings is 2. The number of rotatable bonds is 6. The van der Waals surface area contributed by atoms with Crippen LogP contribution in [0.1, 0.15) is 23.1 Å². The molecule has 3 N–H and O–H groups in total. The lowest BCUT2D eigenvalue weighted by Gasteiger charge is -2.24. The van der Waals surface area contributed by atoms with Gasteiger partial charge in [-0.2, -0.15) is 0 Å². The van der Waals surface area contributed by atoms with Crippen LogP contribution in [0, 0.1) is 0 Å². The van der Waals surface area contributed by atoms with Gasteiger partial charge in [-0.25, -0.2) is 0 Å². The maximum Gasteiger partial charge on any atom is 0.122 e. The maximum atomic E-state index is 10.6. The van der Waals surface area contributed by atoms with Crippen LogP contribution >= 0.6 is 0 Å². The molecule has 0 aliphatic carbocycles. The Bertz CT molecular complexity index is 569. The van der Waals surface area contributed by atoms with E-state index in [1.54, 1.807) is 14.2 Å². The summed E-state index contributed by atoms with van der Waals surface area (Å²) in [7, 11) is 3.23. The largest absolute Gasteiger partial charge is 0.497 e. The van der Waals surface area contributed by atoms with Gasteiger partial charge in [0.1, 0.15) is 11.5 Å². The molecule has 4 nitrogen and oxygen atoms in total. The van der Waals surface area contributed by atoms with Crippen LogP contribution in [0.3, 0.4) is 0 Å². The summed E-state index contributed by atoms with van der Waals surface area (Å²) in [5, 5.41) is 10.6. The molecule has 0 aliphatic rings. The van der Waals surface area contributed by atoms with Crippen LogP contribution in [0.4, 0.5) is 0 Å². The molecule has 0 aromatic heterocycles. The summed E-state index contributed by atoms with van der Waals surface area (Å²) in [6.07, 6.45) is -0.697. The molecule has 4 heteroatoms. The quantitative estimate of drug-likeness (QED) is 0.856. The van der Waals surface area contributed by atoms with Gasteiger partial charge in [-0.15, -0.1) is 0 Å². The van der Waals surface area contributed by atoms with Crippen molar-refractivity contribution < 1.29 is 14.6 Å². The fourth-order valence-corrected chi connectivity index (χ4v) is 2.43. The Hall–Kier alpha value is -2.04. The molecule has 2 unspecified atom stereocenters. The topological polar surface area (TPSA) is 64.7 Å². The normalized spacial score (nSPS) is 13.5. The van der Waals surface area contributed by atoms with Crippen LogP contribution in [0.5, 0.6) is 11.5 Å². The van der Waals surface area contributed by atoms with Crippen molar-refractivity contribution >= 4 is 0 Å². The van der Waals surface area contributed by atoms with E-state index in [1.807, 2.05) is 48.5 Å². The molecular formula is C17H21NO3. The molecule has 0 aliphatic heterocycles. The van der Waals surface area contributed by atoms with Crippen molar-refractivity contribution in [3.63, 3.8) is 0 Å². The zero-order valence-electron chi connectivity index (χ0n) is 12.3. The number of hydrogen-bond acceptors (Lipinski definition) is 4. The molecule has 0 radical (unpaired) electrons. The van der Waals surface area contributed by atoms with Gasteiger partial charge in [-0.1, -0.05) is 30.3 Å². The third-order valence-corrected chi connectivity index (χ3v) is 3.63. The van der Waals surface area contributed by atoms with Crippen LogP contribution < -0.4 is 15.2 Å². The molecule has 0 saturated heterocycles. The molecule has 2 rings (SSSR count). The second-order valence-corrected chi connectivity index (χ2v) is 4.80. The lowest BCUT2D eigenvalue weighted by atomic mass is 9.88. The van der Waals surface area contributed by atoms with E-state index in [1.165, 1.54) is 0 Å². The van der Waals surface area contributed by atoms with Gasteiger partial charge >= 0.3 is 0 Å². The van der Waals surface area contributed by atoms with Crippen molar-refractivity contribution in [2.24, 2.45) is 5.73 Å². The van der Waals surface area contributed by atoms with Crippen LogP contribution in [0.15, 0.2) is 48.5 Å². The van der Waals surface area contributed by atoms with Crippen molar-refractivity contribution in [2.45, 2.75) is 12.0 Å². The molecule has 21 heavy (non-hydrogen) atoms. The van der Waals surface area contributed by atoms with E-state index < -0.39 is 6.10 Å². The predicted octanol–water partition coefficient (Wildman–Crippen LogP) is 2.48. The van der Waals surface area contributed by atoms with E-state index in [9.17, 15) is 5.11 Å². The highest BCUT2D eigenvalue weighted by Crippen LogP contribution is 2.35. The Morgan fingerprint density at radius 2 is 1.67 bits per heavy atom. The highest BCUT2D eigenvalue weighted by Gasteiger charge is 2.24. The van der Waals surface area contributed by atoms with Gasteiger partial charge in [0.15, 0.2) is 0 Å². The van der Waals surface area contributed by atoms with Crippen LogP contribution in [-0.2, 0) is 0 Å². The first-order valence-electron chi connectivity index (χ1n) is 6.86. The molecule has 112 valence electrons. The molecule has 0 saturated carbocycles. The summed E-state index contributed by atoms with van der Waals surface area (Å²) in [6, 6.07) is 15.0. The van der Waals surface area contributed by atoms with Gasteiger partial charge in [0.25, 0.3) is 0 Å². The Kier molecular flexibility index (Phi) is 5.20. The number of ether oxygens (including phenoxy) is 2. The van der Waals surface area contributed by atoms with Gasteiger partial charge in [-0.05, 0) is 23.8 Å². The molecule has 0 heterocycles. The Labute approximate surface area is 125 Å². The lowest BCUT2D eigenvalue weighted by molar-refractivity contribution is 0.146. The smallest absolute Gasteiger partial charge is 0.122 e. The average Bonchev–Trinajstić information content (AvgIpc) is 2.56. The zero-order chi connectivity index (χ0) is 15.2. The van der Waals surface area contributed by atoms with Gasteiger partial charge in [-0.3, -0.25) is 0 Å². The van der Waals surface area contributed by atoms with Gasteiger partial charge in [0, 0.05) is 18.0 Å². The molecule has 0 amide bonds. The molecule has 2 atom stereocenters. The van der Waals surface area contributed by atoms with Crippen molar-refractivity contribution in [3.8, 4) is 11.5 Å². The maximum absolute atomic E-state index is 10.6. The van der Waals surface area contributed by atoms with Crippen molar-refractivity contribution in [3.05, 3.63) is 59.7 Å². The third kappa shape index (κ3) is 3.35. The highest BCUT2D eigenvalue weighted by molar-refractivity contribution is 5.39. The monoisotopic (exact) mass is 287 g/mol. The molecule has 0 fully saturated rings. The first-order valence-corrected chi connectivity index (χ1v) is 6.86. The third-order valence-electron chi connectivity index (χ3n) is 3.63. The molecule has 0 bridgehead atoms. The highest BCUT2D eigenvalue weighted by atomic mass is 16.5. The summed E-state index contributed by atoms with van der Waals surface area (Å²) >= 11 is 0. The van der Waals surface area contributed by atoms with Gasteiger partial charge < -0.3 is 20.3 Å². The number of nitrogens with two attached hydrogens (primary N) is 1. The van der Waals surface area contributed by atoms with Crippen molar-refractivity contribution in [2.75, 3.05) is 20.8 Å². The van der Waals surface area contributed by atoms with E-state index >= 15 is 0 Å². The molecule has 2 aromatic carbocycles. The minimum atomic E-state index is -0.697. The van der Waals surface area contributed by atoms with Gasteiger partial charge in [0.05, 0.1) is 20.3 Å². The van der Waals surface area contributed by atoms with Crippen LogP contribution in [0.2, 0.25) is 0 Å². The number of methoxy groups -OCH3 is 2. The first-order chi connectivity index (χ1) is 10.2. The number of aliphatic hydroxyl groups is 1. The minimum absolute atomic E-state index is 0.227. The molecular weight excluding hydrogens is 266 g/mol. The summed E-state index contributed by atoms with van der Waals surface area (Å²) in [5.74, 6) is 1.27. The Balaban J connectivity index is 2.31. The van der Waals surface area contributed by atoms with E-state index in [2.05, 4.69) is 0 Å². The van der Waals surface area contributed by atoms with E-state index in [4.69, 9.17) is 15.2 Å². The summed E-state index contributed by atoms with van der Waals surface area (Å²) in [5.41, 5.74) is 7.59. The van der Waals surface area contributed by atoms with E-state index in [-0.39, 0.29) is 5.92 Å². The second kappa shape index (κ2) is 7.11. The number of aliphatic hydroxyl groups excluding tert-OH is 1. The predicted molar refractivity (Wildman–Crippen MR) is 82.7 cm³/mol. The Morgan fingerprint density at radius 1 is 1.00 bits per heavy atom. The molecule has 0 spiro atoms. The standard InChI is InChI=1S/C17H21NO3/c1-20-13-9-7-12(8-10-13)17(19)15(11-18)14-5-3-4-6-16(14)21-2/h3-10,15,17,19H,11,18H2,1-2H3. The fraction of sp³-hybridized carbons (Fsp3) is 0.294. The van der Waals surface area contributed by atoms with Crippen LogP contribution in [0.25, 0.3) is 0 Å². The summed E-state index contributed by atoms with van der Waals surface area (Å²) < 4.78 is 10.5. The number of hydrogen-bond donors (Lipinski definition) is 2. The van der Waals surface area contributed by atoms with Gasteiger partial charge in [0.2, 0.25) is 0 Å². The zero-order valence-corrected chi connectivity index (χ0v) is 12.3. The second-order valence-electron chi connectivity index (χ2n) is 4.80.